The molecule has 0 saturated carbocycles. The van der Waals surface area contributed by atoms with E-state index in [0.29, 0.717) is 17.7 Å². The minimum absolute atomic E-state index is 0.112. The first-order chi connectivity index (χ1) is 16.5. The fourth-order valence-corrected chi connectivity index (χ4v) is 6.20. The highest BCUT2D eigenvalue weighted by Gasteiger charge is 2.47. The van der Waals surface area contributed by atoms with Gasteiger partial charge in [0.2, 0.25) is 11.8 Å². The molecule has 1 aromatic heterocycles. The molecule has 2 fully saturated rings. The lowest BCUT2D eigenvalue weighted by Gasteiger charge is -2.50. The van der Waals surface area contributed by atoms with Crippen LogP contribution >= 0.6 is 0 Å². The number of fused-ring (bicyclic) bond motifs is 3. The van der Waals surface area contributed by atoms with Crippen LogP contribution in [-0.4, -0.2) is 63.7 Å². The number of piperidine rings is 2. The summed E-state index contributed by atoms with van der Waals surface area (Å²) < 4.78 is 2.33. The van der Waals surface area contributed by atoms with Crippen LogP contribution in [0.2, 0.25) is 0 Å². The van der Waals surface area contributed by atoms with Crippen molar-refractivity contribution in [2.45, 2.75) is 50.4 Å². The number of hydrogen-bond acceptors (Lipinski definition) is 6. The minimum atomic E-state index is -0.952. The topological polar surface area (TPSA) is 104 Å². The molecule has 0 radical (unpaired) electrons. The van der Waals surface area contributed by atoms with Crippen LogP contribution in [0.15, 0.2) is 36.5 Å². The Labute approximate surface area is 197 Å². The van der Waals surface area contributed by atoms with E-state index in [0.717, 1.165) is 49.5 Å². The molecule has 4 aliphatic heterocycles. The van der Waals surface area contributed by atoms with Gasteiger partial charge in [-0.25, -0.2) is 0 Å². The van der Waals surface area contributed by atoms with Crippen molar-refractivity contribution in [2.75, 3.05) is 19.6 Å². The zero-order valence-corrected chi connectivity index (χ0v) is 18.9. The highest BCUT2D eigenvalue weighted by atomic mass is 16.2. The first kappa shape index (κ1) is 21.2. The molecule has 2 aromatic rings. The number of nitrogens with one attached hydrogen (secondary N) is 2. The molecule has 0 bridgehead atoms. The molecule has 2 N–H and O–H groups in total. The maximum atomic E-state index is 13.5. The van der Waals surface area contributed by atoms with Crippen LogP contribution in [0.25, 0.3) is 0 Å². The molecule has 1 atom stereocenters. The van der Waals surface area contributed by atoms with Crippen molar-refractivity contribution in [1.29, 1.82) is 0 Å². The molecule has 1 unspecified atom stereocenters. The maximum Gasteiger partial charge on any atom is 0.262 e. The second-order valence-electron chi connectivity index (χ2n) is 9.58. The van der Waals surface area contributed by atoms with E-state index in [2.05, 4.69) is 38.4 Å². The summed E-state index contributed by atoms with van der Waals surface area (Å²) in [5, 5.41) is 5.72. The number of aromatic nitrogens is 1. The lowest BCUT2D eigenvalue weighted by Crippen LogP contribution is -2.56. The predicted molar refractivity (Wildman–Crippen MR) is 122 cm³/mol. The van der Waals surface area contributed by atoms with Crippen LogP contribution in [0.1, 0.15) is 57.7 Å². The highest BCUT2D eigenvalue weighted by Crippen LogP contribution is 2.42. The quantitative estimate of drug-likeness (QED) is 0.661. The van der Waals surface area contributed by atoms with Crippen molar-refractivity contribution < 1.29 is 19.2 Å². The van der Waals surface area contributed by atoms with Gasteiger partial charge in [0.1, 0.15) is 6.04 Å². The van der Waals surface area contributed by atoms with Crippen molar-refractivity contribution in [3.8, 4) is 0 Å². The van der Waals surface area contributed by atoms with E-state index in [1.807, 2.05) is 12.1 Å². The maximum absolute atomic E-state index is 13.5. The van der Waals surface area contributed by atoms with E-state index in [9.17, 15) is 19.2 Å². The van der Waals surface area contributed by atoms with Gasteiger partial charge in [-0.3, -0.25) is 34.3 Å². The number of amides is 4. The van der Waals surface area contributed by atoms with Gasteiger partial charge in [-0.05, 0) is 56.1 Å². The van der Waals surface area contributed by atoms with Crippen molar-refractivity contribution in [2.24, 2.45) is 0 Å². The van der Waals surface area contributed by atoms with Crippen LogP contribution in [0.4, 0.5) is 0 Å². The SMILES string of the molecule is O=C1CCC(N2C(=O)c3cccc(CN4CCn5cccc5C45CCNCC5)c3C2=O)C(=O)N1. The Bertz CT molecular complexity index is 1210. The van der Waals surface area contributed by atoms with Gasteiger partial charge in [-0.1, -0.05) is 12.1 Å². The summed E-state index contributed by atoms with van der Waals surface area (Å²) in [4.78, 5) is 54.3. The molecular formula is C25H27N5O4. The number of carbonyl (C=O) groups excluding carboxylic acids is 4. The van der Waals surface area contributed by atoms with E-state index in [-0.39, 0.29) is 24.3 Å². The van der Waals surface area contributed by atoms with E-state index in [1.54, 1.807) is 6.07 Å². The lowest BCUT2D eigenvalue weighted by molar-refractivity contribution is -0.136. The first-order valence-electron chi connectivity index (χ1n) is 11.9. The number of hydrogen-bond donors (Lipinski definition) is 2. The molecular weight excluding hydrogens is 434 g/mol. The third-order valence-electron chi connectivity index (χ3n) is 7.87. The van der Waals surface area contributed by atoms with E-state index >= 15 is 0 Å². The van der Waals surface area contributed by atoms with Crippen molar-refractivity contribution in [3.63, 3.8) is 0 Å². The Kier molecular flexibility index (Phi) is 4.93. The third-order valence-corrected chi connectivity index (χ3v) is 7.87. The Morgan fingerprint density at radius 1 is 0.971 bits per heavy atom. The van der Waals surface area contributed by atoms with Gasteiger partial charge in [0.05, 0.1) is 16.7 Å². The average Bonchev–Trinajstić information content (AvgIpc) is 3.42. The zero-order chi connectivity index (χ0) is 23.4. The summed E-state index contributed by atoms with van der Waals surface area (Å²) in [6.07, 6.45) is 4.35. The molecule has 4 aliphatic rings. The predicted octanol–water partition coefficient (Wildman–Crippen LogP) is 0.984. The standard InChI is InChI=1S/C25H27N5O4/c31-20-7-6-18(22(32)27-20)30-23(33)17-4-1-3-16(21(17)24(30)34)15-29-14-13-28-12-2-5-19(28)25(29)8-10-26-11-9-25/h1-5,12,18,26H,6-11,13-15H2,(H,27,31,32). The average molecular weight is 462 g/mol. The molecule has 176 valence electrons. The summed E-state index contributed by atoms with van der Waals surface area (Å²) in [5.74, 6) is -1.86. The number of benzene rings is 1. The molecule has 9 nitrogen and oxygen atoms in total. The molecule has 0 aliphatic carbocycles. The van der Waals surface area contributed by atoms with Gasteiger partial charge in [-0.15, -0.1) is 0 Å². The Balaban J connectivity index is 1.34. The molecule has 1 spiro atoms. The van der Waals surface area contributed by atoms with Gasteiger partial charge in [0, 0.05) is 37.9 Å². The first-order valence-corrected chi connectivity index (χ1v) is 11.9. The Morgan fingerprint density at radius 3 is 2.59 bits per heavy atom. The Morgan fingerprint density at radius 2 is 1.79 bits per heavy atom. The van der Waals surface area contributed by atoms with E-state index in [4.69, 9.17) is 0 Å². The largest absolute Gasteiger partial charge is 0.348 e. The molecule has 4 amide bonds. The van der Waals surface area contributed by atoms with Crippen molar-refractivity contribution >= 4 is 23.6 Å². The zero-order valence-electron chi connectivity index (χ0n) is 18.9. The molecule has 5 heterocycles. The normalized spacial score (nSPS) is 24.4. The summed E-state index contributed by atoms with van der Waals surface area (Å²) in [5.41, 5.74) is 2.73. The molecule has 34 heavy (non-hydrogen) atoms. The Hall–Kier alpha value is -3.30. The number of nitrogens with zero attached hydrogens (tertiary/aromatic N) is 3. The van der Waals surface area contributed by atoms with Crippen LogP contribution in [0.3, 0.4) is 0 Å². The van der Waals surface area contributed by atoms with Gasteiger partial charge >= 0.3 is 0 Å². The monoisotopic (exact) mass is 461 g/mol. The molecule has 9 heteroatoms. The summed E-state index contributed by atoms with van der Waals surface area (Å²) >= 11 is 0. The number of rotatable bonds is 3. The molecule has 6 rings (SSSR count). The smallest absolute Gasteiger partial charge is 0.262 e. The minimum Gasteiger partial charge on any atom is -0.348 e. The fourth-order valence-electron chi connectivity index (χ4n) is 6.20. The molecule has 2 saturated heterocycles. The number of carbonyl (C=O) groups is 4. The van der Waals surface area contributed by atoms with Crippen LogP contribution < -0.4 is 10.6 Å². The van der Waals surface area contributed by atoms with Gasteiger partial charge in [-0.2, -0.15) is 0 Å². The van der Waals surface area contributed by atoms with E-state index in [1.165, 1.54) is 5.69 Å². The van der Waals surface area contributed by atoms with Crippen LogP contribution in [-0.2, 0) is 28.2 Å². The summed E-state index contributed by atoms with van der Waals surface area (Å²) in [7, 11) is 0. The van der Waals surface area contributed by atoms with Gasteiger partial charge in [0.25, 0.3) is 11.8 Å². The van der Waals surface area contributed by atoms with Crippen molar-refractivity contribution in [1.82, 2.24) is 25.0 Å². The second kappa shape index (κ2) is 7.89. The summed E-state index contributed by atoms with van der Waals surface area (Å²) in [6.45, 7) is 4.13. The second-order valence-corrected chi connectivity index (χ2v) is 9.58. The van der Waals surface area contributed by atoms with Crippen LogP contribution in [0.5, 0.6) is 0 Å². The van der Waals surface area contributed by atoms with Gasteiger partial charge in [0.15, 0.2) is 0 Å². The van der Waals surface area contributed by atoms with Gasteiger partial charge < -0.3 is 9.88 Å². The lowest BCUT2D eigenvalue weighted by atomic mass is 9.81. The highest BCUT2D eigenvalue weighted by molar-refractivity contribution is 6.24. The van der Waals surface area contributed by atoms with E-state index < -0.39 is 23.8 Å². The summed E-state index contributed by atoms with van der Waals surface area (Å²) in [6, 6.07) is 8.74. The third kappa shape index (κ3) is 3.07. The number of imide groups is 2. The fraction of sp³-hybridized carbons (Fsp3) is 0.440. The van der Waals surface area contributed by atoms with Crippen molar-refractivity contribution in [3.05, 3.63) is 58.9 Å². The van der Waals surface area contributed by atoms with Crippen LogP contribution in [0, 0.1) is 0 Å². The molecule has 1 aromatic carbocycles.